The Kier molecular flexibility index (Phi) is 1.10. The van der Waals surface area contributed by atoms with Gasteiger partial charge in [-0.1, -0.05) is 0 Å². The van der Waals surface area contributed by atoms with Crippen molar-refractivity contribution in [3.63, 3.8) is 0 Å². The van der Waals surface area contributed by atoms with Gasteiger partial charge in [0.15, 0.2) is 12.8 Å². The largest absolute Gasteiger partial charge is 0.170 e. The Balaban J connectivity index is 2.26. The van der Waals surface area contributed by atoms with Gasteiger partial charge in [0.05, 0.1) is 18.6 Å². The average Bonchev–Trinajstić information content (AvgIpc) is 1.72. The second-order valence-corrected chi connectivity index (χ2v) is 1.42. The minimum atomic E-state index is 1.16. The molecule has 0 unspecified atom stereocenters. The molecule has 0 saturated carbocycles. The van der Waals surface area contributed by atoms with Gasteiger partial charge in [-0.15, -0.1) is 0 Å². The van der Waals surface area contributed by atoms with E-state index in [1.54, 1.807) is 0 Å². The van der Waals surface area contributed by atoms with Crippen molar-refractivity contribution in [2.45, 2.75) is 12.8 Å². The van der Waals surface area contributed by atoms with E-state index in [4.69, 9.17) is 0 Å². The van der Waals surface area contributed by atoms with Crippen LogP contribution in [0.5, 0.6) is 0 Å². The highest BCUT2D eigenvalue weighted by Gasteiger charge is 2.05. The molecule has 0 bridgehead atoms. The number of hydrogen-bond acceptors (Lipinski definition) is 0. The quantitative estimate of drug-likeness (QED) is 0.389. The maximum atomic E-state index is 2.25. The summed E-state index contributed by atoms with van der Waals surface area (Å²) in [5.74, 6) is 0. The van der Waals surface area contributed by atoms with Gasteiger partial charge in [0.2, 0.25) is 0 Å². The molecule has 0 heterocycles. The summed E-state index contributed by atoms with van der Waals surface area (Å²) in [4.78, 5) is 0. The van der Waals surface area contributed by atoms with Gasteiger partial charge in [0, 0.05) is 0 Å². The topological polar surface area (TPSA) is 0 Å². The van der Waals surface area contributed by atoms with Gasteiger partial charge in [0.25, 0.3) is 0 Å². The fraction of sp³-hybridized carbons (Fsp3) is 0.333. The minimum Gasteiger partial charge on any atom is 0.0854 e. The zero-order chi connectivity index (χ0) is 4.24. The number of hydrogen-bond donors (Lipinski definition) is 0. The van der Waals surface area contributed by atoms with Crippen LogP contribution in [0.4, 0.5) is 0 Å². The third-order valence-corrected chi connectivity index (χ3v) is 0.878. The van der Waals surface area contributed by atoms with Crippen LogP contribution in [0.15, 0.2) is 12.2 Å². The van der Waals surface area contributed by atoms with Gasteiger partial charge in [-0.3, -0.25) is 0 Å². The molecule has 0 aliphatic heterocycles. The molecule has 0 saturated heterocycles. The van der Waals surface area contributed by atoms with Crippen LogP contribution >= 0.6 is 0 Å². The minimum absolute atomic E-state index is 1.16. The lowest BCUT2D eigenvalue weighted by atomic mass is 10.1. The first-order valence-corrected chi connectivity index (χ1v) is 2.30. The van der Waals surface area contributed by atoms with Crippen molar-refractivity contribution in [2.24, 2.45) is 0 Å². The van der Waals surface area contributed by atoms with Crippen molar-refractivity contribution < 1.29 is 0 Å². The van der Waals surface area contributed by atoms with E-state index in [1.165, 1.54) is 0 Å². The van der Waals surface area contributed by atoms with Crippen LogP contribution in [-0.2, 0) is 0 Å². The summed E-state index contributed by atoms with van der Waals surface area (Å²) < 4.78 is 0. The SMILES string of the molecule is C1=CC[CH+]C[CH+]1. The van der Waals surface area contributed by atoms with Gasteiger partial charge in [-0.05, 0) is 0 Å². The molecule has 0 radical (unpaired) electrons. The lowest BCUT2D eigenvalue weighted by Gasteiger charge is -1.79. The molecule has 0 nitrogen and oxygen atoms in total. The van der Waals surface area contributed by atoms with Crippen LogP contribution in [0.25, 0.3) is 0 Å². The average molecular weight is 80.1 g/mol. The first-order valence-electron chi connectivity index (χ1n) is 2.30. The summed E-state index contributed by atoms with van der Waals surface area (Å²) >= 11 is 0. The lowest BCUT2D eigenvalue weighted by Crippen LogP contribution is -1.79. The first kappa shape index (κ1) is 3.66. The molecule has 1 aliphatic carbocycles. The first-order chi connectivity index (χ1) is 3.00. The molecule has 0 aromatic rings. The van der Waals surface area contributed by atoms with Gasteiger partial charge >= 0.3 is 0 Å². The van der Waals surface area contributed by atoms with Crippen LogP contribution < -0.4 is 0 Å². The third kappa shape index (κ3) is 0.713. The van der Waals surface area contributed by atoms with E-state index in [0.717, 1.165) is 12.8 Å². The van der Waals surface area contributed by atoms with E-state index >= 15 is 0 Å². The van der Waals surface area contributed by atoms with E-state index in [1.807, 2.05) is 0 Å². The fourth-order valence-corrected chi connectivity index (χ4v) is 0.542. The molecule has 0 spiro atoms. The van der Waals surface area contributed by atoms with E-state index < -0.39 is 0 Å². The van der Waals surface area contributed by atoms with E-state index in [-0.39, 0.29) is 0 Å². The zero-order valence-electron chi connectivity index (χ0n) is 3.72. The van der Waals surface area contributed by atoms with Crippen molar-refractivity contribution >= 4 is 0 Å². The Hall–Kier alpha value is -0.520. The fourth-order valence-electron chi connectivity index (χ4n) is 0.542. The maximum absolute atomic E-state index is 2.25. The number of rotatable bonds is 0. The normalized spacial score (nSPS) is 18.7. The standard InChI is InChI=1S/C6H8/c1-2-4-6-5-3-1/h1-3,6H,4-5H2/q+2. The summed E-state index contributed by atoms with van der Waals surface area (Å²) in [5.41, 5.74) is 0. The van der Waals surface area contributed by atoms with Crippen LogP contribution in [0.3, 0.4) is 0 Å². The van der Waals surface area contributed by atoms with Crippen molar-refractivity contribution in [3.8, 4) is 0 Å². The van der Waals surface area contributed by atoms with Crippen LogP contribution in [0, 0.1) is 12.8 Å². The van der Waals surface area contributed by atoms with E-state index in [0.29, 0.717) is 0 Å². The third-order valence-electron chi connectivity index (χ3n) is 0.878. The highest BCUT2D eigenvalue weighted by molar-refractivity contribution is 5.04. The number of allylic oxidation sites excluding steroid dienone is 2. The smallest absolute Gasteiger partial charge is 0.0854 e. The molecule has 0 heteroatoms. The Labute approximate surface area is 38.9 Å². The monoisotopic (exact) mass is 80.1 g/mol. The molecule has 1 rings (SSSR count). The summed E-state index contributed by atoms with van der Waals surface area (Å²) in [6.07, 6.45) is 11.0. The molecular weight excluding hydrogens is 72.1 g/mol. The van der Waals surface area contributed by atoms with E-state index in [9.17, 15) is 0 Å². The second-order valence-electron chi connectivity index (χ2n) is 1.42. The zero-order valence-corrected chi connectivity index (χ0v) is 3.72. The van der Waals surface area contributed by atoms with Gasteiger partial charge in [-0.2, -0.15) is 0 Å². The molecule has 6 heavy (non-hydrogen) atoms. The molecule has 30 valence electrons. The Bertz CT molecular complexity index is 45.1. The van der Waals surface area contributed by atoms with Crippen LogP contribution in [0.1, 0.15) is 12.8 Å². The van der Waals surface area contributed by atoms with Gasteiger partial charge < -0.3 is 0 Å². The lowest BCUT2D eigenvalue weighted by molar-refractivity contribution is 1.03. The highest BCUT2D eigenvalue weighted by atomic mass is 13.9. The summed E-state index contributed by atoms with van der Waals surface area (Å²) in [7, 11) is 0. The Morgan fingerprint density at radius 2 is 2.50 bits per heavy atom. The summed E-state index contributed by atoms with van der Waals surface area (Å²) in [6.45, 7) is 0. The van der Waals surface area contributed by atoms with Gasteiger partial charge in [0.1, 0.15) is 6.42 Å². The molecule has 1 aliphatic rings. The Morgan fingerprint density at radius 3 is 2.67 bits per heavy atom. The molecule has 0 atom stereocenters. The predicted octanol–water partition coefficient (Wildman–Crippen LogP) is 1.74. The van der Waals surface area contributed by atoms with Crippen molar-refractivity contribution in [3.05, 3.63) is 25.0 Å². The van der Waals surface area contributed by atoms with Crippen LogP contribution in [0.2, 0.25) is 0 Å². The molecule has 0 fully saturated rings. The molecule has 0 aromatic heterocycles. The van der Waals surface area contributed by atoms with Crippen molar-refractivity contribution in [2.75, 3.05) is 0 Å². The second kappa shape index (κ2) is 1.81. The van der Waals surface area contributed by atoms with Gasteiger partial charge in [-0.25, -0.2) is 0 Å². The molecule has 0 N–H and O–H groups in total. The molecule has 0 amide bonds. The molecule has 0 aromatic carbocycles. The Morgan fingerprint density at radius 1 is 1.50 bits per heavy atom. The predicted molar refractivity (Wildman–Crippen MR) is 27.0 cm³/mol. The van der Waals surface area contributed by atoms with Crippen LogP contribution in [-0.4, -0.2) is 0 Å². The maximum Gasteiger partial charge on any atom is 0.170 e. The summed E-state index contributed by atoms with van der Waals surface area (Å²) in [5, 5.41) is 0. The highest BCUT2D eigenvalue weighted by Crippen LogP contribution is 2.04. The van der Waals surface area contributed by atoms with E-state index in [2.05, 4.69) is 25.0 Å². The van der Waals surface area contributed by atoms with Crippen molar-refractivity contribution in [1.29, 1.82) is 0 Å². The van der Waals surface area contributed by atoms with Crippen molar-refractivity contribution in [1.82, 2.24) is 0 Å². The molecular formula is C6H8+2. The summed E-state index contributed by atoms with van der Waals surface area (Å²) in [6, 6.07) is 0.